The van der Waals surface area contributed by atoms with Gasteiger partial charge in [0.05, 0.1) is 26.8 Å². The first-order valence-electron chi connectivity index (χ1n) is 9.39. The number of nitrogens with one attached hydrogen (secondary N) is 1. The van der Waals surface area contributed by atoms with Gasteiger partial charge in [0, 0.05) is 17.7 Å². The van der Waals surface area contributed by atoms with Crippen molar-refractivity contribution in [3.05, 3.63) is 59.2 Å². The molecule has 0 aromatic heterocycles. The number of amides is 2. The highest BCUT2D eigenvalue weighted by molar-refractivity contribution is 5.96. The summed E-state index contributed by atoms with van der Waals surface area (Å²) in [7, 11) is 3.23. The highest BCUT2D eigenvalue weighted by Gasteiger charge is 2.32. The van der Waals surface area contributed by atoms with E-state index in [-0.39, 0.29) is 24.4 Å². The Bertz CT molecular complexity index is 865. The molecule has 0 radical (unpaired) electrons. The van der Waals surface area contributed by atoms with Crippen molar-refractivity contribution >= 4 is 11.8 Å². The van der Waals surface area contributed by atoms with Gasteiger partial charge in [-0.1, -0.05) is 17.7 Å². The Labute approximate surface area is 165 Å². The number of carbonyl (C=O) groups excluding carboxylic acids is 2. The summed E-state index contributed by atoms with van der Waals surface area (Å²) in [6.07, 6.45) is 1.75. The highest BCUT2D eigenvalue weighted by atomic mass is 16.5. The molecule has 1 saturated heterocycles. The number of methoxy groups -OCH3 is 2. The summed E-state index contributed by atoms with van der Waals surface area (Å²) in [6.45, 7) is 2.55. The number of ether oxygens (including phenoxy) is 2. The highest BCUT2D eigenvalue weighted by Crippen LogP contribution is 2.38. The molecule has 28 heavy (non-hydrogen) atoms. The number of hydrogen-bond acceptors (Lipinski definition) is 4. The second-order valence-corrected chi connectivity index (χ2v) is 6.91. The first-order valence-corrected chi connectivity index (χ1v) is 9.39. The predicted octanol–water partition coefficient (Wildman–Crippen LogP) is 3.11. The van der Waals surface area contributed by atoms with Crippen LogP contribution in [-0.2, 0) is 4.79 Å². The van der Waals surface area contributed by atoms with Gasteiger partial charge < -0.3 is 19.7 Å². The third-order valence-corrected chi connectivity index (χ3v) is 5.05. The standard InChI is InChI=1S/C22H26N2O4/c1-15-6-4-7-16(12-15)22(26)23-14-21(25)24-11-5-8-19(24)18-13-17(27-2)9-10-20(18)28-3/h4,6-7,9-10,12-13,19H,5,8,11,14H2,1-3H3,(H,23,26)/t19-/m0/s1. The van der Waals surface area contributed by atoms with Crippen LogP contribution >= 0.6 is 0 Å². The molecule has 1 aliphatic heterocycles. The van der Waals surface area contributed by atoms with Crippen molar-refractivity contribution in [2.75, 3.05) is 27.3 Å². The van der Waals surface area contributed by atoms with Crippen LogP contribution in [0.2, 0.25) is 0 Å². The van der Waals surface area contributed by atoms with Crippen molar-refractivity contribution in [1.29, 1.82) is 0 Å². The minimum absolute atomic E-state index is 0.0322. The Balaban J connectivity index is 1.70. The Morgan fingerprint density at radius 1 is 1.14 bits per heavy atom. The van der Waals surface area contributed by atoms with Crippen LogP contribution in [0, 0.1) is 6.92 Å². The predicted molar refractivity (Wildman–Crippen MR) is 107 cm³/mol. The van der Waals surface area contributed by atoms with E-state index in [1.807, 2.05) is 42.2 Å². The van der Waals surface area contributed by atoms with Crippen molar-refractivity contribution in [1.82, 2.24) is 10.2 Å². The molecule has 0 bridgehead atoms. The van der Waals surface area contributed by atoms with Gasteiger partial charge in [0.15, 0.2) is 0 Å². The zero-order valence-electron chi connectivity index (χ0n) is 16.5. The molecule has 148 valence electrons. The van der Waals surface area contributed by atoms with Gasteiger partial charge in [-0.2, -0.15) is 0 Å². The van der Waals surface area contributed by atoms with E-state index in [0.29, 0.717) is 12.1 Å². The first-order chi connectivity index (χ1) is 13.5. The molecule has 1 aliphatic rings. The molecule has 6 heteroatoms. The summed E-state index contributed by atoms with van der Waals surface area (Å²) < 4.78 is 10.8. The van der Waals surface area contributed by atoms with E-state index in [1.54, 1.807) is 26.4 Å². The van der Waals surface area contributed by atoms with E-state index in [2.05, 4.69) is 5.32 Å². The van der Waals surface area contributed by atoms with Crippen molar-refractivity contribution < 1.29 is 19.1 Å². The summed E-state index contributed by atoms with van der Waals surface area (Å²) in [5, 5.41) is 2.74. The average molecular weight is 382 g/mol. The lowest BCUT2D eigenvalue weighted by Gasteiger charge is -2.27. The first kappa shape index (κ1) is 19.7. The number of rotatable bonds is 6. The maximum Gasteiger partial charge on any atom is 0.251 e. The summed E-state index contributed by atoms with van der Waals surface area (Å²) in [5.74, 6) is 1.11. The minimum atomic E-state index is -0.244. The lowest BCUT2D eigenvalue weighted by Crippen LogP contribution is -2.40. The van der Waals surface area contributed by atoms with Gasteiger partial charge in [-0.15, -0.1) is 0 Å². The Morgan fingerprint density at radius 2 is 1.96 bits per heavy atom. The number of nitrogens with zero attached hydrogens (tertiary/aromatic N) is 1. The van der Waals surface area contributed by atoms with E-state index in [1.165, 1.54) is 0 Å². The third kappa shape index (κ3) is 4.27. The van der Waals surface area contributed by atoms with Crippen LogP contribution in [0.4, 0.5) is 0 Å². The van der Waals surface area contributed by atoms with Crippen molar-refractivity contribution in [3.8, 4) is 11.5 Å². The normalized spacial score (nSPS) is 16.0. The maximum absolute atomic E-state index is 12.8. The van der Waals surface area contributed by atoms with Crippen LogP contribution in [0.3, 0.4) is 0 Å². The van der Waals surface area contributed by atoms with Gasteiger partial charge in [0.1, 0.15) is 11.5 Å². The van der Waals surface area contributed by atoms with Gasteiger partial charge in [-0.3, -0.25) is 9.59 Å². The molecule has 2 amide bonds. The number of likely N-dealkylation sites (tertiary alicyclic amines) is 1. The van der Waals surface area contributed by atoms with Crippen molar-refractivity contribution in [3.63, 3.8) is 0 Å². The molecule has 0 spiro atoms. The second kappa shape index (κ2) is 8.78. The molecule has 2 aromatic rings. The molecule has 0 saturated carbocycles. The van der Waals surface area contributed by atoms with Gasteiger partial charge in [0.2, 0.25) is 5.91 Å². The number of benzene rings is 2. The zero-order chi connectivity index (χ0) is 20.1. The molecule has 1 heterocycles. The van der Waals surface area contributed by atoms with Crippen LogP contribution in [0.5, 0.6) is 11.5 Å². The van der Waals surface area contributed by atoms with E-state index in [9.17, 15) is 9.59 Å². The summed E-state index contributed by atoms with van der Waals surface area (Å²) in [4.78, 5) is 27.0. The largest absolute Gasteiger partial charge is 0.497 e. The van der Waals surface area contributed by atoms with E-state index >= 15 is 0 Å². The molecule has 1 atom stereocenters. The molecular formula is C22H26N2O4. The maximum atomic E-state index is 12.8. The molecular weight excluding hydrogens is 356 g/mol. The van der Waals surface area contributed by atoms with Crippen LogP contribution in [-0.4, -0.2) is 44.0 Å². The average Bonchev–Trinajstić information content (AvgIpc) is 3.21. The third-order valence-electron chi connectivity index (χ3n) is 5.05. The van der Waals surface area contributed by atoms with E-state index in [0.717, 1.165) is 35.5 Å². The Kier molecular flexibility index (Phi) is 6.19. The second-order valence-electron chi connectivity index (χ2n) is 6.91. The van der Waals surface area contributed by atoms with E-state index < -0.39 is 0 Å². The number of carbonyl (C=O) groups is 2. The monoisotopic (exact) mass is 382 g/mol. The van der Waals surface area contributed by atoms with Crippen LogP contribution in [0.1, 0.15) is 40.4 Å². The number of hydrogen-bond donors (Lipinski definition) is 1. The van der Waals surface area contributed by atoms with Crippen LogP contribution in [0.25, 0.3) is 0 Å². The Morgan fingerprint density at radius 3 is 2.68 bits per heavy atom. The molecule has 3 rings (SSSR count). The summed E-state index contributed by atoms with van der Waals surface area (Å²) in [6, 6.07) is 12.8. The van der Waals surface area contributed by atoms with Crippen molar-refractivity contribution in [2.24, 2.45) is 0 Å². The van der Waals surface area contributed by atoms with E-state index in [4.69, 9.17) is 9.47 Å². The lowest BCUT2D eigenvalue weighted by molar-refractivity contribution is -0.131. The van der Waals surface area contributed by atoms with Crippen LogP contribution < -0.4 is 14.8 Å². The summed E-state index contributed by atoms with van der Waals surface area (Å²) >= 11 is 0. The van der Waals surface area contributed by atoms with Gasteiger partial charge in [0.25, 0.3) is 5.91 Å². The fourth-order valence-electron chi connectivity index (χ4n) is 3.63. The molecule has 0 unspecified atom stereocenters. The zero-order valence-corrected chi connectivity index (χ0v) is 16.5. The molecule has 6 nitrogen and oxygen atoms in total. The van der Waals surface area contributed by atoms with Gasteiger partial charge in [-0.25, -0.2) is 0 Å². The molecule has 0 aliphatic carbocycles. The van der Waals surface area contributed by atoms with Gasteiger partial charge >= 0.3 is 0 Å². The molecule has 2 aromatic carbocycles. The smallest absolute Gasteiger partial charge is 0.251 e. The fourth-order valence-corrected chi connectivity index (χ4v) is 3.63. The SMILES string of the molecule is COc1ccc(OC)c([C@@H]2CCCN2C(=O)CNC(=O)c2cccc(C)c2)c1. The quantitative estimate of drug-likeness (QED) is 0.834. The van der Waals surface area contributed by atoms with Crippen LogP contribution in [0.15, 0.2) is 42.5 Å². The topological polar surface area (TPSA) is 67.9 Å². The summed E-state index contributed by atoms with van der Waals surface area (Å²) in [5.41, 5.74) is 2.49. The van der Waals surface area contributed by atoms with Gasteiger partial charge in [-0.05, 0) is 50.1 Å². The molecule has 1 fully saturated rings. The number of aryl methyl sites for hydroxylation is 1. The van der Waals surface area contributed by atoms with Crippen molar-refractivity contribution in [2.45, 2.75) is 25.8 Å². The molecule has 1 N–H and O–H groups in total. The minimum Gasteiger partial charge on any atom is -0.497 e. The fraction of sp³-hybridized carbons (Fsp3) is 0.364. The Hall–Kier alpha value is -3.02. The lowest BCUT2D eigenvalue weighted by atomic mass is 10.0.